The highest BCUT2D eigenvalue weighted by atomic mass is 19.3. The van der Waals surface area contributed by atoms with Crippen molar-refractivity contribution in [1.29, 1.82) is 0 Å². The van der Waals surface area contributed by atoms with Crippen molar-refractivity contribution in [1.82, 2.24) is 10.2 Å². The third-order valence-electron chi connectivity index (χ3n) is 3.76. The van der Waals surface area contributed by atoms with E-state index in [1.165, 1.54) is 0 Å². The summed E-state index contributed by atoms with van der Waals surface area (Å²) >= 11 is 0. The lowest BCUT2D eigenvalue weighted by Gasteiger charge is -2.46. The molecule has 0 aliphatic carbocycles. The molecule has 2 saturated heterocycles. The molecule has 0 saturated carbocycles. The molecule has 1 atom stereocenters. The summed E-state index contributed by atoms with van der Waals surface area (Å²) in [6, 6.07) is 0. The molecular weight excluding hydrogens is 282 g/mol. The van der Waals surface area contributed by atoms with Gasteiger partial charge in [-0.3, -0.25) is 4.79 Å². The molecule has 2 rings (SSSR count). The molecule has 2 aliphatic heterocycles. The number of halogens is 2. The molecule has 0 aromatic heterocycles. The van der Waals surface area contributed by atoms with Crippen LogP contribution in [-0.2, 0) is 9.53 Å². The van der Waals surface area contributed by atoms with Gasteiger partial charge in [0.15, 0.2) is 0 Å². The first-order chi connectivity index (χ1) is 9.53. The van der Waals surface area contributed by atoms with Crippen molar-refractivity contribution in [2.24, 2.45) is 5.41 Å². The zero-order valence-corrected chi connectivity index (χ0v) is 12.7. The molecule has 1 N–H and O–H groups in total. The zero-order valence-electron chi connectivity index (χ0n) is 12.7. The molecule has 120 valence electrons. The van der Waals surface area contributed by atoms with Gasteiger partial charge in [0.2, 0.25) is 5.91 Å². The standard InChI is InChI=1S/C14H22F2N2O3/c1-12(2,3)21-11(20)18-8-13(7-14(15,16)9-18)5-4-6-17-10(13)19/h4-9H2,1-3H3,(H,17,19). The van der Waals surface area contributed by atoms with Crippen molar-refractivity contribution in [3.8, 4) is 0 Å². The number of ether oxygens (including phenoxy) is 1. The van der Waals surface area contributed by atoms with Crippen molar-refractivity contribution < 1.29 is 23.1 Å². The van der Waals surface area contributed by atoms with Crippen molar-refractivity contribution >= 4 is 12.0 Å². The molecule has 2 amide bonds. The number of hydrogen-bond acceptors (Lipinski definition) is 3. The Morgan fingerprint density at radius 1 is 1.33 bits per heavy atom. The van der Waals surface area contributed by atoms with Gasteiger partial charge in [0.25, 0.3) is 5.92 Å². The third-order valence-corrected chi connectivity index (χ3v) is 3.76. The average Bonchev–Trinajstić information content (AvgIpc) is 2.29. The molecule has 1 unspecified atom stereocenters. The lowest BCUT2D eigenvalue weighted by Crippen LogP contribution is -2.61. The minimum atomic E-state index is -3.08. The van der Waals surface area contributed by atoms with Crippen LogP contribution >= 0.6 is 0 Å². The van der Waals surface area contributed by atoms with E-state index in [2.05, 4.69) is 5.32 Å². The number of alkyl halides is 2. The van der Waals surface area contributed by atoms with Crippen LogP contribution in [0.25, 0.3) is 0 Å². The summed E-state index contributed by atoms with van der Waals surface area (Å²) < 4.78 is 33.2. The van der Waals surface area contributed by atoms with E-state index in [1.54, 1.807) is 20.8 Å². The Hall–Kier alpha value is -1.40. The summed E-state index contributed by atoms with van der Waals surface area (Å²) in [6.45, 7) is 4.82. The maximum atomic E-state index is 14.0. The van der Waals surface area contributed by atoms with E-state index in [1.807, 2.05) is 0 Å². The van der Waals surface area contributed by atoms with E-state index in [-0.39, 0.29) is 12.5 Å². The molecule has 7 heteroatoms. The lowest BCUT2D eigenvalue weighted by atomic mass is 9.72. The van der Waals surface area contributed by atoms with Crippen LogP contribution in [0, 0.1) is 5.41 Å². The Bertz CT molecular complexity index is 448. The van der Waals surface area contributed by atoms with Gasteiger partial charge in [-0.05, 0) is 33.6 Å². The molecule has 0 bridgehead atoms. The van der Waals surface area contributed by atoms with Crippen molar-refractivity contribution in [2.45, 2.75) is 51.6 Å². The minimum absolute atomic E-state index is 0.0106. The fourth-order valence-corrected chi connectivity index (χ4v) is 3.01. The summed E-state index contributed by atoms with van der Waals surface area (Å²) in [5, 5.41) is 2.64. The number of likely N-dealkylation sites (tertiary alicyclic amines) is 1. The molecule has 5 nitrogen and oxygen atoms in total. The Morgan fingerprint density at radius 2 is 2.00 bits per heavy atom. The second-order valence-corrected chi connectivity index (χ2v) is 7.01. The predicted molar refractivity (Wildman–Crippen MR) is 72.0 cm³/mol. The van der Waals surface area contributed by atoms with E-state index < -0.39 is 36.0 Å². The number of nitrogens with one attached hydrogen (secondary N) is 1. The summed E-state index contributed by atoms with van der Waals surface area (Å²) in [6.07, 6.45) is -0.289. The number of nitrogens with zero attached hydrogens (tertiary/aromatic N) is 1. The fraction of sp³-hybridized carbons (Fsp3) is 0.857. The highest BCUT2D eigenvalue weighted by Gasteiger charge is 2.55. The molecular formula is C14H22F2N2O3. The van der Waals surface area contributed by atoms with Crippen LogP contribution in [0.15, 0.2) is 0 Å². The summed E-state index contributed by atoms with van der Waals surface area (Å²) in [4.78, 5) is 25.1. The summed E-state index contributed by atoms with van der Waals surface area (Å²) in [7, 11) is 0. The van der Waals surface area contributed by atoms with Gasteiger partial charge in [0.05, 0.1) is 12.0 Å². The Balaban J connectivity index is 2.20. The SMILES string of the molecule is CC(C)(C)OC(=O)N1CC(F)(F)CC2(CCCNC2=O)C1. The average molecular weight is 304 g/mol. The van der Waals surface area contributed by atoms with E-state index in [0.29, 0.717) is 19.4 Å². The van der Waals surface area contributed by atoms with Crippen molar-refractivity contribution in [2.75, 3.05) is 19.6 Å². The molecule has 1 spiro atoms. The largest absolute Gasteiger partial charge is 0.444 e. The van der Waals surface area contributed by atoms with Crippen LogP contribution in [0.5, 0.6) is 0 Å². The minimum Gasteiger partial charge on any atom is -0.444 e. The Kier molecular flexibility index (Phi) is 3.88. The predicted octanol–water partition coefficient (Wildman–Crippen LogP) is 2.16. The maximum absolute atomic E-state index is 14.0. The number of hydrogen-bond donors (Lipinski definition) is 1. The van der Waals surface area contributed by atoms with Gasteiger partial charge in [0, 0.05) is 19.5 Å². The van der Waals surface area contributed by atoms with Gasteiger partial charge in [-0.15, -0.1) is 0 Å². The molecule has 2 heterocycles. The van der Waals surface area contributed by atoms with Gasteiger partial charge >= 0.3 is 6.09 Å². The van der Waals surface area contributed by atoms with Gasteiger partial charge < -0.3 is 15.0 Å². The molecule has 2 aliphatic rings. The molecule has 0 aromatic carbocycles. The van der Waals surface area contributed by atoms with Gasteiger partial charge in [0.1, 0.15) is 5.60 Å². The van der Waals surface area contributed by atoms with E-state index >= 15 is 0 Å². The maximum Gasteiger partial charge on any atom is 0.410 e. The van der Waals surface area contributed by atoms with Crippen LogP contribution in [0.2, 0.25) is 0 Å². The summed E-state index contributed by atoms with van der Waals surface area (Å²) in [5.41, 5.74) is -1.96. The monoisotopic (exact) mass is 304 g/mol. The van der Waals surface area contributed by atoms with E-state index in [0.717, 1.165) is 4.90 Å². The number of amides is 2. The van der Waals surface area contributed by atoms with Crippen LogP contribution in [0.1, 0.15) is 40.0 Å². The first kappa shape index (κ1) is 16.0. The van der Waals surface area contributed by atoms with Gasteiger partial charge in [-0.25, -0.2) is 13.6 Å². The number of rotatable bonds is 0. The molecule has 2 fully saturated rings. The quantitative estimate of drug-likeness (QED) is 0.746. The molecule has 0 radical (unpaired) electrons. The highest BCUT2D eigenvalue weighted by Crippen LogP contribution is 2.43. The number of carbonyl (C=O) groups excluding carboxylic acids is 2. The van der Waals surface area contributed by atoms with E-state index in [9.17, 15) is 18.4 Å². The van der Waals surface area contributed by atoms with Gasteiger partial charge in [-0.1, -0.05) is 0 Å². The smallest absolute Gasteiger partial charge is 0.410 e. The van der Waals surface area contributed by atoms with Crippen molar-refractivity contribution in [3.63, 3.8) is 0 Å². The van der Waals surface area contributed by atoms with Crippen LogP contribution in [0.4, 0.5) is 13.6 Å². The van der Waals surface area contributed by atoms with E-state index in [4.69, 9.17) is 4.74 Å². The second-order valence-electron chi connectivity index (χ2n) is 7.01. The topological polar surface area (TPSA) is 58.6 Å². The second kappa shape index (κ2) is 5.10. The number of carbonyl (C=O) groups is 2. The fourth-order valence-electron chi connectivity index (χ4n) is 3.01. The van der Waals surface area contributed by atoms with Crippen molar-refractivity contribution in [3.05, 3.63) is 0 Å². The number of piperidine rings is 2. The van der Waals surface area contributed by atoms with Gasteiger partial charge in [-0.2, -0.15) is 0 Å². The zero-order chi connectivity index (χ0) is 15.9. The Morgan fingerprint density at radius 3 is 2.57 bits per heavy atom. The third kappa shape index (κ3) is 3.63. The Labute approximate surface area is 123 Å². The highest BCUT2D eigenvalue weighted by molar-refractivity contribution is 5.84. The first-order valence-corrected chi connectivity index (χ1v) is 7.17. The normalized spacial score (nSPS) is 29.2. The lowest BCUT2D eigenvalue weighted by molar-refractivity contribution is -0.155. The first-order valence-electron chi connectivity index (χ1n) is 7.17. The summed E-state index contributed by atoms with van der Waals surface area (Å²) in [5.74, 6) is -3.47. The molecule has 0 aromatic rings. The van der Waals surface area contributed by atoms with Crippen LogP contribution < -0.4 is 5.32 Å². The molecule has 21 heavy (non-hydrogen) atoms. The van der Waals surface area contributed by atoms with Crippen LogP contribution in [-0.4, -0.2) is 48.1 Å². The van der Waals surface area contributed by atoms with Crippen LogP contribution in [0.3, 0.4) is 0 Å².